The first-order chi connectivity index (χ1) is 11.9. The number of thiocarbonyl (C=S) groups is 1. The van der Waals surface area contributed by atoms with Crippen LogP contribution >= 0.6 is 12.2 Å². The number of nitrogens with one attached hydrogen (secondary N) is 2. The summed E-state index contributed by atoms with van der Waals surface area (Å²) in [5.41, 5.74) is 1.59. The minimum atomic E-state index is -3.53. The van der Waals surface area contributed by atoms with Crippen LogP contribution in [0.25, 0.3) is 0 Å². The Morgan fingerprint density at radius 2 is 1.92 bits per heavy atom. The van der Waals surface area contributed by atoms with E-state index in [1.54, 1.807) is 19.2 Å². The summed E-state index contributed by atoms with van der Waals surface area (Å²) < 4.78 is 32.5. The van der Waals surface area contributed by atoms with Crippen LogP contribution in [0.2, 0.25) is 0 Å². The smallest absolute Gasteiger partial charge is 0.243 e. The lowest BCUT2D eigenvalue weighted by Gasteiger charge is -2.31. The fourth-order valence-electron chi connectivity index (χ4n) is 2.75. The van der Waals surface area contributed by atoms with Gasteiger partial charge in [0.15, 0.2) is 5.11 Å². The molecule has 7 nitrogen and oxygen atoms in total. The molecule has 0 radical (unpaired) electrons. The molecule has 2 rings (SSSR count). The number of ether oxygens (including phenoxy) is 1. The number of anilines is 2. The normalized spacial score (nSPS) is 15.3. The summed E-state index contributed by atoms with van der Waals surface area (Å²) in [6.45, 7) is 7.33. The zero-order valence-electron chi connectivity index (χ0n) is 14.9. The quantitative estimate of drug-likeness (QED) is 0.717. The van der Waals surface area contributed by atoms with Gasteiger partial charge in [-0.3, -0.25) is 0 Å². The molecule has 2 N–H and O–H groups in total. The zero-order chi connectivity index (χ0) is 18.4. The van der Waals surface area contributed by atoms with Crippen LogP contribution in [0.5, 0.6) is 0 Å². The molecule has 1 fully saturated rings. The molecule has 0 aromatic heterocycles. The molecule has 9 heteroatoms. The van der Waals surface area contributed by atoms with Gasteiger partial charge < -0.3 is 20.3 Å². The Morgan fingerprint density at radius 3 is 2.48 bits per heavy atom. The van der Waals surface area contributed by atoms with Crippen molar-refractivity contribution < 1.29 is 13.2 Å². The van der Waals surface area contributed by atoms with E-state index in [0.29, 0.717) is 37.1 Å². The van der Waals surface area contributed by atoms with E-state index in [-0.39, 0.29) is 4.90 Å². The maximum absolute atomic E-state index is 12.8. The Kier molecular flexibility index (Phi) is 7.00. The summed E-state index contributed by atoms with van der Waals surface area (Å²) in [5, 5.41) is 6.40. The summed E-state index contributed by atoms with van der Waals surface area (Å²) >= 11 is 5.21. The van der Waals surface area contributed by atoms with Gasteiger partial charge in [0, 0.05) is 33.2 Å². The molecule has 0 saturated carbocycles. The van der Waals surface area contributed by atoms with Crippen LogP contribution < -0.4 is 15.5 Å². The Balaban J connectivity index is 2.44. The van der Waals surface area contributed by atoms with Crippen LogP contribution in [-0.4, -0.2) is 64.3 Å². The zero-order valence-corrected chi connectivity index (χ0v) is 16.5. The number of morpholine rings is 1. The SMILES string of the molecule is CCN(CC)S(=O)(=O)c1ccc(N2CCOCC2)c(NC(=S)NC)c1. The second kappa shape index (κ2) is 8.79. The predicted molar refractivity (Wildman–Crippen MR) is 105 cm³/mol. The van der Waals surface area contributed by atoms with Crippen LogP contribution in [0.3, 0.4) is 0 Å². The highest BCUT2D eigenvalue weighted by Gasteiger charge is 2.24. The minimum Gasteiger partial charge on any atom is -0.378 e. The molecular formula is C16H26N4O3S2. The molecule has 0 unspecified atom stereocenters. The minimum absolute atomic E-state index is 0.259. The van der Waals surface area contributed by atoms with Gasteiger partial charge in [-0.25, -0.2) is 8.42 Å². The van der Waals surface area contributed by atoms with Gasteiger partial charge in [-0.05, 0) is 30.4 Å². The number of nitrogens with zero attached hydrogens (tertiary/aromatic N) is 2. The summed E-state index contributed by atoms with van der Waals surface area (Å²) in [6.07, 6.45) is 0. The van der Waals surface area contributed by atoms with Crippen LogP contribution in [0.4, 0.5) is 11.4 Å². The fraction of sp³-hybridized carbons (Fsp3) is 0.562. The predicted octanol–water partition coefficient (Wildman–Crippen LogP) is 1.47. The Bertz CT molecular complexity index is 699. The largest absolute Gasteiger partial charge is 0.378 e. The van der Waals surface area contributed by atoms with Crippen LogP contribution in [0.15, 0.2) is 23.1 Å². The molecule has 1 aliphatic rings. The molecule has 0 spiro atoms. The van der Waals surface area contributed by atoms with Crippen LogP contribution in [-0.2, 0) is 14.8 Å². The molecular weight excluding hydrogens is 360 g/mol. The highest BCUT2D eigenvalue weighted by Crippen LogP contribution is 2.30. The summed E-state index contributed by atoms with van der Waals surface area (Å²) in [6, 6.07) is 5.15. The summed E-state index contributed by atoms with van der Waals surface area (Å²) in [7, 11) is -1.80. The average Bonchev–Trinajstić information content (AvgIpc) is 2.63. The highest BCUT2D eigenvalue weighted by molar-refractivity contribution is 7.89. The van der Waals surface area contributed by atoms with Crippen molar-refractivity contribution >= 4 is 38.7 Å². The van der Waals surface area contributed by atoms with Crippen molar-refractivity contribution in [2.24, 2.45) is 0 Å². The van der Waals surface area contributed by atoms with Gasteiger partial charge in [-0.2, -0.15) is 4.31 Å². The molecule has 0 aliphatic carbocycles. The molecule has 25 heavy (non-hydrogen) atoms. The van der Waals surface area contributed by atoms with Crippen molar-refractivity contribution in [3.63, 3.8) is 0 Å². The molecule has 0 bridgehead atoms. The van der Waals surface area contributed by atoms with E-state index in [9.17, 15) is 8.42 Å². The van der Waals surface area contributed by atoms with E-state index in [0.717, 1.165) is 18.8 Å². The maximum Gasteiger partial charge on any atom is 0.243 e. The molecule has 1 saturated heterocycles. The van der Waals surface area contributed by atoms with E-state index in [1.807, 2.05) is 19.9 Å². The van der Waals surface area contributed by atoms with Gasteiger partial charge in [0.2, 0.25) is 10.0 Å². The fourth-order valence-corrected chi connectivity index (χ4v) is 4.35. The van der Waals surface area contributed by atoms with E-state index >= 15 is 0 Å². The summed E-state index contributed by atoms with van der Waals surface area (Å²) in [5.74, 6) is 0. The van der Waals surface area contributed by atoms with E-state index < -0.39 is 10.0 Å². The van der Waals surface area contributed by atoms with E-state index in [4.69, 9.17) is 17.0 Å². The first kappa shape index (κ1) is 19.9. The molecule has 1 heterocycles. The van der Waals surface area contributed by atoms with Gasteiger partial charge in [0.1, 0.15) is 0 Å². The van der Waals surface area contributed by atoms with E-state index in [2.05, 4.69) is 15.5 Å². The Hall–Kier alpha value is -1.42. The number of hydrogen-bond acceptors (Lipinski definition) is 5. The first-order valence-electron chi connectivity index (χ1n) is 8.39. The molecule has 0 atom stereocenters. The highest BCUT2D eigenvalue weighted by atomic mass is 32.2. The molecule has 0 amide bonds. The van der Waals surface area contributed by atoms with Crippen molar-refractivity contribution in [2.45, 2.75) is 18.7 Å². The lowest BCUT2D eigenvalue weighted by molar-refractivity contribution is 0.123. The van der Waals surface area contributed by atoms with Crippen molar-refractivity contribution in [1.82, 2.24) is 9.62 Å². The standard InChI is InChI=1S/C16H26N4O3S2/c1-4-20(5-2)25(21,22)13-6-7-15(19-8-10-23-11-9-19)14(12-13)18-16(24)17-3/h6-7,12H,4-5,8-11H2,1-3H3,(H2,17,18,24). The average molecular weight is 387 g/mol. The van der Waals surface area contributed by atoms with Gasteiger partial charge in [-0.15, -0.1) is 0 Å². The van der Waals surface area contributed by atoms with Crippen molar-refractivity contribution in [1.29, 1.82) is 0 Å². The maximum atomic E-state index is 12.8. The molecule has 1 aromatic rings. The number of rotatable bonds is 6. The Morgan fingerprint density at radius 1 is 1.28 bits per heavy atom. The van der Waals surface area contributed by atoms with Crippen molar-refractivity contribution in [2.75, 3.05) is 56.7 Å². The third-order valence-electron chi connectivity index (χ3n) is 4.14. The first-order valence-corrected chi connectivity index (χ1v) is 10.2. The van der Waals surface area contributed by atoms with Gasteiger partial charge in [0.25, 0.3) is 0 Å². The van der Waals surface area contributed by atoms with Gasteiger partial charge in [-0.1, -0.05) is 13.8 Å². The van der Waals surface area contributed by atoms with Crippen LogP contribution in [0, 0.1) is 0 Å². The second-order valence-electron chi connectivity index (χ2n) is 5.57. The van der Waals surface area contributed by atoms with Gasteiger partial charge >= 0.3 is 0 Å². The Labute approximate surface area is 155 Å². The second-order valence-corrected chi connectivity index (χ2v) is 7.92. The third-order valence-corrected chi connectivity index (χ3v) is 6.49. The topological polar surface area (TPSA) is 73.9 Å². The third kappa shape index (κ3) is 4.60. The lowest BCUT2D eigenvalue weighted by atomic mass is 10.2. The van der Waals surface area contributed by atoms with Crippen molar-refractivity contribution in [3.8, 4) is 0 Å². The molecule has 1 aromatic carbocycles. The summed E-state index contributed by atoms with van der Waals surface area (Å²) in [4.78, 5) is 2.42. The van der Waals surface area contributed by atoms with Crippen LogP contribution in [0.1, 0.15) is 13.8 Å². The lowest BCUT2D eigenvalue weighted by Crippen LogP contribution is -2.37. The van der Waals surface area contributed by atoms with Gasteiger partial charge in [0.05, 0.1) is 29.5 Å². The van der Waals surface area contributed by atoms with E-state index in [1.165, 1.54) is 4.31 Å². The van der Waals surface area contributed by atoms with Crippen molar-refractivity contribution in [3.05, 3.63) is 18.2 Å². The number of benzene rings is 1. The monoisotopic (exact) mass is 386 g/mol. The number of sulfonamides is 1. The molecule has 1 aliphatic heterocycles. The number of hydrogen-bond donors (Lipinski definition) is 2. The molecule has 140 valence electrons.